The van der Waals surface area contributed by atoms with Gasteiger partial charge in [-0.15, -0.1) is 0 Å². The van der Waals surface area contributed by atoms with E-state index >= 15 is 0 Å². The summed E-state index contributed by atoms with van der Waals surface area (Å²) in [5, 5.41) is 2.79. The summed E-state index contributed by atoms with van der Waals surface area (Å²) in [6.45, 7) is 4.20. The van der Waals surface area contributed by atoms with Gasteiger partial charge >= 0.3 is 0 Å². The van der Waals surface area contributed by atoms with Crippen LogP contribution >= 0.6 is 12.2 Å². The molecule has 1 rings (SSSR count). The number of hydrogen-bond donors (Lipinski definition) is 2. The summed E-state index contributed by atoms with van der Waals surface area (Å²) >= 11 is 4.85. The predicted molar refractivity (Wildman–Crippen MR) is 71.4 cm³/mol. The number of aryl methyl sites for hydroxylation is 1. The molecule has 0 aromatic carbocycles. The van der Waals surface area contributed by atoms with E-state index in [9.17, 15) is 4.79 Å². The first-order valence-electron chi connectivity index (χ1n) is 5.54. The normalized spacial score (nSPS) is 11.9. The number of nitrogens with two attached hydrogens (primary N) is 1. The number of amides is 1. The number of carbonyl (C=O) groups excluding carboxylic acids is 1. The van der Waals surface area contributed by atoms with E-state index < -0.39 is 5.92 Å². The van der Waals surface area contributed by atoms with Crippen LogP contribution < -0.4 is 11.1 Å². The second-order valence-electron chi connectivity index (χ2n) is 3.85. The molecule has 1 aromatic rings. The van der Waals surface area contributed by atoms with Crippen molar-refractivity contribution in [2.45, 2.75) is 26.8 Å². The molecule has 0 fully saturated rings. The highest BCUT2D eigenvalue weighted by Gasteiger charge is 2.18. The number of rotatable bonds is 5. The highest BCUT2D eigenvalue weighted by atomic mass is 32.1. The van der Waals surface area contributed by atoms with Crippen LogP contribution in [0, 0.1) is 12.8 Å². The highest BCUT2D eigenvalue weighted by Crippen LogP contribution is 2.04. The van der Waals surface area contributed by atoms with E-state index in [-0.39, 0.29) is 10.9 Å². The zero-order chi connectivity index (χ0) is 12.8. The molecule has 0 bridgehead atoms. The lowest BCUT2D eigenvalue weighted by Gasteiger charge is -2.13. The summed E-state index contributed by atoms with van der Waals surface area (Å²) < 4.78 is 0. The second-order valence-corrected chi connectivity index (χ2v) is 4.32. The fraction of sp³-hybridized carbons (Fsp3) is 0.417. The number of carbonyl (C=O) groups is 1. The third-order valence-electron chi connectivity index (χ3n) is 2.46. The third kappa shape index (κ3) is 4.11. The van der Waals surface area contributed by atoms with Gasteiger partial charge in [-0.3, -0.25) is 9.78 Å². The van der Waals surface area contributed by atoms with E-state index in [4.69, 9.17) is 18.0 Å². The van der Waals surface area contributed by atoms with Crippen molar-refractivity contribution in [1.29, 1.82) is 0 Å². The Morgan fingerprint density at radius 3 is 2.82 bits per heavy atom. The average Bonchev–Trinajstić information content (AvgIpc) is 2.27. The van der Waals surface area contributed by atoms with Crippen LogP contribution in [0.15, 0.2) is 18.2 Å². The van der Waals surface area contributed by atoms with Crippen molar-refractivity contribution in [3.05, 3.63) is 29.6 Å². The standard InChI is InChI=1S/C12H17N3OS/c1-3-10(11(13)17)12(16)14-7-9-6-4-5-8(2)15-9/h4-6,10H,3,7H2,1-2H3,(H2,13,17)(H,14,16). The van der Waals surface area contributed by atoms with Gasteiger partial charge in [0, 0.05) is 5.69 Å². The second kappa shape index (κ2) is 6.30. The molecule has 0 aliphatic heterocycles. The molecular formula is C12H17N3OS. The van der Waals surface area contributed by atoms with Crippen molar-refractivity contribution in [3.8, 4) is 0 Å². The fourth-order valence-electron chi connectivity index (χ4n) is 1.51. The van der Waals surface area contributed by atoms with Gasteiger partial charge in [-0.1, -0.05) is 25.2 Å². The Hall–Kier alpha value is -1.49. The molecule has 92 valence electrons. The number of aromatic nitrogens is 1. The van der Waals surface area contributed by atoms with Crippen LogP contribution in [0.25, 0.3) is 0 Å². The molecule has 1 atom stereocenters. The maximum atomic E-state index is 11.8. The maximum Gasteiger partial charge on any atom is 0.230 e. The molecule has 0 saturated carbocycles. The molecule has 5 heteroatoms. The summed E-state index contributed by atoms with van der Waals surface area (Å²) in [6.07, 6.45) is 0.614. The minimum Gasteiger partial charge on any atom is -0.393 e. The molecule has 0 saturated heterocycles. The maximum absolute atomic E-state index is 11.8. The lowest BCUT2D eigenvalue weighted by molar-refractivity contribution is -0.123. The van der Waals surface area contributed by atoms with Crippen molar-refractivity contribution in [3.63, 3.8) is 0 Å². The van der Waals surface area contributed by atoms with E-state index in [0.29, 0.717) is 13.0 Å². The number of pyridine rings is 1. The number of nitrogens with zero attached hydrogens (tertiary/aromatic N) is 1. The Labute approximate surface area is 107 Å². The van der Waals surface area contributed by atoms with Gasteiger partial charge in [-0.05, 0) is 25.5 Å². The van der Waals surface area contributed by atoms with E-state index in [1.807, 2.05) is 32.0 Å². The van der Waals surface area contributed by atoms with Crippen LogP contribution in [0.2, 0.25) is 0 Å². The SMILES string of the molecule is CCC(C(=O)NCc1cccc(C)n1)C(N)=S. The van der Waals surface area contributed by atoms with E-state index in [2.05, 4.69) is 10.3 Å². The molecule has 0 radical (unpaired) electrons. The van der Waals surface area contributed by atoms with Crippen molar-refractivity contribution < 1.29 is 4.79 Å². The Morgan fingerprint density at radius 2 is 2.29 bits per heavy atom. The van der Waals surface area contributed by atoms with Gasteiger partial charge in [-0.2, -0.15) is 0 Å². The zero-order valence-electron chi connectivity index (χ0n) is 10.1. The van der Waals surface area contributed by atoms with Crippen molar-refractivity contribution >= 4 is 23.1 Å². The lowest BCUT2D eigenvalue weighted by atomic mass is 10.1. The summed E-state index contributed by atoms with van der Waals surface area (Å²) in [4.78, 5) is 16.3. The van der Waals surface area contributed by atoms with Gasteiger partial charge in [0.2, 0.25) is 5.91 Å². The number of thiocarbonyl (C=S) groups is 1. The molecular weight excluding hydrogens is 234 g/mol. The van der Waals surface area contributed by atoms with Crippen molar-refractivity contribution in [2.75, 3.05) is 0 Å². The molecule has 1 unspecified atom stereocenters. The van der Waals surface area contributed by atoms with Crippen molar-refractivity contribution in [2.24, 2.45) is 11.7 Å². The van der Waals surface area contributed by atoms with Crippen LogP contribution in [-0.2, 0) is 11.3 Å². The van der Waals surface area contributed by atoms with Gasteiger partial charge < -0.3 is 11.1 Å². The molecule has 0 aliphatic rings. The number of nitrogens with one attached hydrogen (secondary N) is 1. The zero-order valence-corrected chi connectivity index (χ0v) is 10.9. The van der Waals surface area contributed by atoms with Crippen LogP contribution in [0.5, 0.6) is 0 Å². The smallest absolute Gasteiger partial charge is 0.230 e. The largest absolute Gasteiger partial charge is 0.393 e. The first kappa shape index (κ1) is 13.6. The minimum absolute atomic E-state index is 0.136. The molecule has 0 aliphatic carbocycles. The van der Waals surface area contributed by atoms with Gasteiger partial charge in [-0.25, -0.2) is 0 Å². The highest BCUT2D eigenvalue weighted by molar-refractivity contribution is 7.80. The van der Waals surface area contributed by atoms with Crippen LogP contribution in [0.3, 0.4) is 0 Å². The van der Waals surface area contributed by atoms with Crippen LogP contribution in [-0.4, -0.2) is 15.9 Å². The molecule has 4 nitrogen and oxygen atoms in total. The average molecular weight is 251 g/mol. The molecule has 1 heterocycles. The molecule has 3 N–H and O–H groups in total. The Balaban J connectivity index is 2.56. The minimum atomic E-state index is -0.394. The summed E-state index contributed by atoms with van der Waals surface area (Å²) in [5.74, 6) is -0.530. The van der Waals surface area contributed by atoms with E-state index in [1.54, 1.807) is 0 Å². The van der Waals surface area contributed by atoms with Gasteiger partial charge in [0.05, 0.1) is 23.1 Å². The van der Waals surface area contributed by atoms with Gasteiger partial charge in [0.25, 0.3) is 0 Å². The van der Waals surface area contributed by atoms with Gasteiger partial charge in [0.1, 0.15) is 0 Å². The number of hydrogen-bond acceptors (Lipinski definition) is 3. The van der Waals surface area contributed by atoms with Crippen LogP contribution in [0.4, 0.5) is 0 Å². The summed E-state index contributed by atoms with van der Waals surface area (Å²) in [6, 6.07) is 5.69. The quantitative estimate of drug-likeness (QED) is 0.774. The first-order valence-corrected chi connectivity index (χ1v) is 5.95. The molecule has 17 heavy (non-hydrogen) atoms. The lowest BCUT2D eigenvalue weighted by Crippen LogP contribution is -2.37. The fourth-order valence-corrected chi connectivity index (χ4v) is 1.79. The Morgan fingerprint density at radius 1 is 1.59 bits per heavy atom. The summed E-state index contributed by atoms with van der Waals surface area (Å²) in [5.41, 5.74) is 7.25. The van der Waals surface area contributed by atoms with Crippen molar-refractivity contribution in [1.82, 2.24) is 10.3 Å². The predicted octanol–water partition coefficient (Wildman–Crippen LogP) is 1.32. The molecule has 0 spiro atoms. The first-order chi connectivity index (χ1) is 8.04. The third-order valence-corrected chi connectivity index (χ3v) is 2.74. The van der Waals surface area contributed by atoms with Gasteiger partial charge in [0.15, 0.2) is 0 Å². The van der Waals surface area contributed by atoms with Crippen LogP contribution in [0.1, 0.15) is 24.7 Å². The van der Waals surface area contributed by atoms with E-state index in [0.717, 1.165) is 11.4 Å². The summed E-state index contributed by atoms with van der Waals surface area (Å²) in [7, 11) is 0. The monoisotopic (exact) mass is 251 g/mol. The molecule has 1 amide bonds. The Bertz CT molecular complexity index is 420. The Kier molecular flexibility index (Phi) is 5.03. The van der Waals surface area contributed by atoms with E-state index in [1.165, 1.54) is 0 Å². The molecule has 1 aromatic heterocycles. The topological polar surface area (TPSA) is 68.0 Å².